The lowest BCUT2D eigenvalue weighted by molar-refractivity contribution is -0.114. The second-order valence-corrected chi connectivity index (χ2v) is 6.53. The molecule has 0 radical (unpaired) electrons. The number of aryl methyl sites for hydroxylation is 3. The topological polar surface area (TPSA) is 127 Å². The van der Waals surface area contributed by atoms with Crippen molar-refractivity contribution in [2.45, 2.75) is 13.8 Å². The molecule has 0 aliphatic carbocycles. The van der Waals surface area contributed by atoms with Gasteiger partial charge >= 0.3 is 0 Å². The molecule has 148 valence electrons. The molecule has 0 atom stereocenters. The van der Waals surface area contributed by atoms with Gasteiger partial charge in [0.15, 0.2) is 11.5 Å². The first-order valence-corrected chi connectivity index (χ1v) is 8.87. The highest BCUT2D eigenvalue weighted by atomic mass is 16.1. The molecular formula is C18H20N10O. The van der Waals surface area contributed by atoms with Gasteiger partial charge in [0.25, 0.3) is 0 Å². The fourth-order valence-corrected chi connectivity index (χ4v) is 2.86. The van der Waals surface area contributed by atoms with Gasteiger partial charge in [-0.05, 0) is 13.0 Å². The van der Waals surface area contributed by atoms with E-state index in [1.807, 2.05) is 33.2 Å². The SMILES string of the molecule is CC(=O)Nc1cnc(C)c(Nc2nn(C)c3nc(Nc4ccnn4C)ncc23)c1. The van der Waals surface area contributed by atoms with Crippen molar-refractivity contribution in [3.05, 3.63) is 36.4 Å². The fraction of sp³-hybridized carbons (Fsp3) is 0.222. The molecule has 0 bridgehead atoms. The number of carbonyl (C=O) groups is 1. The van der Waals surface area contributed by atoms with Crippen LogP contribution in [-0.2, 0) is 18.9 Å². The van der Waals surface area contributed by atoms with Gasteiger partial charge in [-0.3, -0.25) is 14.5 Å². The molecule has 0 aromatic carbocycles. The molecule has 4 aromatic rings. The van der Waals surface area contributed by atoms with E-state index in [1.165, 1.54) is 6.92 Å². The molecule has 29 heavy (non-hydrogen) atoms. The summed E-state index contributed by atoms with van der Waals surface area (Å²) in [6.07, 6.45) is 5.01. The molecule has 0 unspecified atom stereocenters. The quantitative estimate of drug-likeness (QED) is 0.472. The molecule has 0 saturated carbocycles. The average Bonchev–Trinajstić information content (AvgIpc) is 3.21. The predicted octanol–water partition coefficient (Wildman–Crippen LogP) is 2.25. The van der Waals surface area contributed by atoms with Crippen LogP contribution in [0.1, 0.15) is 12.6 Å². The van der Waals surface area contributed by atoms with E-state index in [4.69, 9.17) is 0 Å². The van der Waals surface area contributed by atoms with Gasteiger partial charge in [0, 0.05) is 33.3 Å². The van der Waals surface area contributed by atoms with E-state index in [-0.39, 0.29) is 5.91 Å². The Balaban J connectivity index is 1.65. The highest BCUT2D eigenvalue weighted by Crippen LogP contribution is 2.27. The number of nitrogens with zero attached hydrogens (tertiary/aromatic N) is 7. The number of amides is 1. The van der Waals surface area contributed by atoms with E-state index in [0.717, 1.165) is 22.6 Å². The number of hydrogen-bond acceptors (Lipinski definition) is 8. The van der Waals surface area contributed by atoms with Gasteiger partial charge < -0.3 is 16.0 Å². The van der Waals surface area contributed by atoms with Crippen LogP contribution in [0, 0.1) is 6.92 Å². The van der Waals surface area contributed by atoms with Crippen LogP contribution in [0.15, 0.2) is 30.7 Å². The lowest BCUT2D eigenvalue weighted by Crippen LogP contribution is -2.07. The smallest absolute Gasteiger partial charge is 0.230 e. The maximum atomic E-state index is 11.3. The zero-order valence-corrected chi connectivity index (χ0v) is 16.4. The largest absolute Gasteiger partial charge is 0.337 e. The summed E-state index contributed by atoms with van der Waals surface area (Å²) in [7, 11) is 3.64. The van der Waals surface area contributed by atoms with Crippen LogP contribution in [0.4, 0.5) is 29.0 Å². The molecule has 3 N–H and O–H groups in total. The Morgan fingerprint density at radius 2 is 1.93 bits per heavy atom. The highest BCUT2D eigenvalue weighted by molar-refractivity contribution is 5.91. The van der Waals surface area contributed by atoms with Gasteiger partial charge in [-0.2, -0.15) is 15.2 Å². The number of aromatic nitrogens is 7. The van der Waals surface area contributed by atoms with E-state index in [2.05, 4.69) is 41.1 Å². The van der Waals surface area contributed by atoms with Gasteiger partial charge in [0.2, 0.25) is 11.9 Å². The number of hydrogen-bond donors (Lipinski definition) is 3. The molecule has 11 nitrogen and oxygen atoms in total. The standard InChI is InChI=1S/C18H20N10O/c1-10-14(7-12(8-19-10)22-11(2)29)23-16-13-9-20-18(25-17(13)28(4)26-16)24-15-5-6-21-27(15)3/h5-9H,1-4H3,(H,22,29)(H,23,26)(H,20,24,25). The van der Waals surface area contributed by atoms with E-state index in [9.17, 15) is 4.79 Å². The average molecular weight is 392 g/mol. The molecule has 1 amide bonds. The molecule has 11 heteroatoms. The maximum Gasteiger partial charge on any atom is 0.230 e. The van der Waals surface area contributed by atoms with Crippen molar-refractivity contribution in [1.82, 2.24) is 34.5 Å². The monoisotopic (exact) mass is 392 g/mol. The summed E-state index contributed by atoms with van der Waals surface area (Å²) in [6.45, 7) is 3.32. The third-order valence-electron chi connectivity index (χ3n) is 4.30. The number of rotatable bonds is 5. The van der Waals surface area contributed by atoms with Crippen LogP contribution in [0.25, 0.3) is 11.0 Å². The third kappa shape index (κ3) is 3.70. The minimum Gasteiger partial charge on any atom is -0.337 e. The first-order chi connectivity index (χ1) is 13.9. The van der Waals surface area contributed by atoms with Gasteiger partial charge in [0.05, 0.1) is 34.8 Å². The van der Waals surface area contributed by atoms with E-state index in [1.54, 1.807) is 28.0 Å². The number of pyridine rings is 1. The van der Waals surface area contributed by atoms with Crippen LogP contribution < -0.4 is 16.0 Å². The second kappa shape index (κ2) is 7.19. The number of carbonyl (C=O) groups excluding carboxylic acids is 1. The third-order valence-corrected chi connectivity index (χ3v) is 4.30. The molecule has 0 fully saturated rings. The molecule has 4 rings (SSSR count). The summed E-state index contributed by atoms with van der Waals surface area (Å²) >= 11 is 0. The molecule has 0 spiro atoms. The second-order valence-electron chi connectivity index (χ2n) is 6.53. The van der Waals surface area contributed by atoms with E-state index >= 15 is 0 Å². The summed E-state index contributed by atoms with van der Waals surface area (Å²) in [6, 6.07) is 3.64. The van der Waals surface area contributed by atoms with E-state index in [0.29, 0.717) is 23.1 Å². The van der Waals surface area contributed by atoms with Crippen LogP contribution in [0.2, 0.25) is 0 Å². The van der Waals surface area contributed by atoms with Gasteiger partial charge in [0.1, 0.15) is 5.82 Å². The van der Waals surface area contributed by atoms with Crippen molar-refractivity contribution in [2.75, 3.05) is 16.0 Å². The Bertz CT molecular complexity index is 1210. The summed E-state index contributed by atoms with van der Waals surface area (Å²) in [5, 5.41) is 18.5. The maximum absolute atomic E-state index is 11.3. The van der Waals surface area contributed by atoms with Gasteiger partial charge in [-0.15, -0.1) is 0 Å². The minimum absolute atomic E-state index is 0.160. The van der Waals surface area contributed by atoms with Crippen molar-refractivity contribution in [3.8, 4) is 0 Å². The Hall–Kier alpha value is -4.02. The molecule has 0 aliphatic heterocycles. The predicted molar refractivity (Wildman–Crippen MR) is 109 cm³/mol. The Morgan fingerprint density at radius 3 is 2.66 bits per heavy atom. The summed E-state index contributed by atoms with van der Waals surface area (Å²) < 4.78 is 3.37. The molecule has 0 aliphatic rings. The number of anilines is 5. The van der Waals surface area contributed by atoms with Crippen molar-refractivity contribution in [2.24, 2.45) is 14.1 Å². The van der Waals surface area contributed by atoms with Crippen molar-refractivity contribution < 1.29 is 4.79 Å². The Labute approximate surface area is 166 Å². The minimum atomic E-state index is -0.160. The van der Waals surface area contributed by atoms with Crippen molar-refractivity contribution in [1.29, 1.82) is 0 Å². The first-order valence-electron chi connectivity index (χ1n) is 8.87. The van der Waals surface area contributed by atoms with Gasteiger partial charge in [-0.1, -0.05) is 0 Å². The fourth-order valence-electron chi connectivity index (χ4n) is 2.86. The zero-order chi connectivity index (χ0) is 20.5. The molecular weight excluding hydrogens is 372 g/mol. The number of nitrogens with one attached hydrogen (secondary N) is 3. The Morgan fingerprint density at radius 1 is 1.10 bits per heavy atom. The number of fused-ring (bicyclic) bond motifs is 1. The molecule has 4 heterocycles. The summed E-state index contributed by atoms with van der Waals surface area (Å²) in [5.41, 5.74) is 2.77. The molecule has 4 aromatic heterocycles. The molecule has 0 saturated heterocycles. The summed E-state index contributed by atoms with van der Waals surface area (Å²) in [5.74, 6) is 1.66. The van der Waals surface area contributed by atoms with Crippen molar-refractivity contribution in [3.63, 3.8) is 0 Å². The highest BCUT2D eigenvalue weighted by Gasteiger charge is 2.14. The lowest BCUT2D eigenvalue weighted by Gasteiger charge is -2.09. The van der Waals surface area contributed by atoms with Crippen LogP contribution >= 0.6 is 0 Å². The van der Waals surface area contributed by atoms with Crippen LogP contribution in [0.5, 0.6) is 0 Å². The van der Waals surface area contributed by atoms with E-state index < -0.39 is 0 Å². The zero-order valence-electron chi connectivity index (χ0n) is 16.4. The van der Waals surface area contributed by atoms with Crippen LogP contribution in [-0.4, -0.2) is 40.4 Å². The normalized spacial score (nSPS) is 10.9. The first kappa shape index (κ1) is 18.3. The van der Waals surface area contributed by atoms with Crippen molar-refractivity contribution >= 4 is 45.9 Å². The Kier molecular flexibility index (Phi) is 4.55. The lowest BCUT2D eigenvalue weighted by atomic mass is 10.2. The van der Waals surface area contributed by atoms with Gasteiger partial charge in [-0.25, -0.2) is 9.67 Å². The van der Waals surface area contributed by atoms with Crippen LogP contribution in [0.3, 0.4) is 0 Å². The summed E-state index contributed by atoms with van der Waals surface area (Å²) in [4.78, 5) is 24.6.